The van der Waals surface area contributed by atoms with Gasteiger partial charge in [-0.05, 0) is 0 Å². The first-order chi connectivity index (χ1) is 3.72. The molecule has 0 saturated carbocycles. The average molecular weight is 110 g/mol. The van der Waals surface area contributed by atoms with Gasteiger partial charge in [-0.2, -0.15) is 0 Å². The number of hydrogen-bond donors (Lipinski definition) is 2. The molecule has 44 valence electrons. The van der Waals surface area contributed by atoms with E-state index >= 15 is 0 Å². The monoisotopic (exact) mass is 110 g/mol. The highest BCUT2D eigenvalue weighted by molar-refractivity contribution is 6.04. The Morgan fingerprint density at radius 2 is 2.38 bits per heavy atom. The van der Waals surface area contributed by atoms with Crippen molar-refractivity contribution in [3.63, 3.8) is 0 Å². The molecule has 0 amide bonds. The van der Waals surface area contributed by atoms with Crippen molar-refractivity contribution in [2.75, 3.05) is 0 Å². The molecule has 3 N–H and O–H groups in total. The Morgan fingerprint density at radius 3 is 2.50 bits per heavy atom. The van der Waals surface area contributed by atoms with E-state index in [0.29, 0.717) is 0 Å². The predicted octanol–water partition coefficient (Wildman–Crippen LogP) is -0.234. The molecule has 0 fully saturated rings. The van der Waals surface area contributed by atoms with E-state index in [1.165, 1.54) is 0 Å². The Hall–Kier alpha value is -0.275. The van der Waals surface area contributed by atoms with Crippen molar-refractivity contribution in [3.05, 3.63) is 12.7 Å². The van der Waals surface area contributed by atoms with Crippen LogP contribution in [0.4, 0.5) is 0 Å². The summed E-state index contributed by atoms with van der Waals surface area (Å²) in [6, 6.07) is 0. The second kappa shape index (κ2) is 3.69. The Labute approximate surface area is 51.6 Å². The van der Waals surface area contributed by atoms with E-state index in [4.69, 9.17) is 13.7 Å². The van der Waals surface area contributed by atoms with Gasteiger partial charge in [0.1, 0.15) is 0 Å². The lowest BCUT2D eigenvalue weighted by molar-refractivity contribution is 0.523. The first kappa shape index (κ1) is 7.72. The van der Waals surface area contributed by atoms with E-state index in [2.05, 4.69) is 11.8 Å². The summed E-state index contributed by atoms with van der Waals surface area (Å²) >= 11 is 0. The van der Waals surface area contributed by atoms with Gasteiger partial charge in [0.15, 0.2) is 7.98 Å². The fraction of sp³-hybridized carbons (Fsp3) is 0.600. The van der Waals surface area contributed by atoms with E-state index in [-0.39, 0.29) is 12.1 Å². The lowest BCUT2D eigenvalue weighted by Crippen LogP contribution is -2.40. The minimum Gasteiger partial charge on any atom is -0.352 e. The van der Waals surface area contributed by atoms with Crippen molar-refractivity contribution in [2.24, 2.45) is 11.7 Å². The Bertz CT molecular complexity index is 74.8. The highest BCUT2D eigenvalue weighted by atomic mass is 15.0. The van der Waals surface area contributed by atoms with E-state index in [1.807, 2.05) is 6.92 Å². The smallest absolute Gasteiger partial charge is 0.179 e. The van der Waals surface area contributed by atoms with Gasteiger partial charge in [0.05, 0.1) is 6.17 Å². The first-order valence-corrected chi connectivity index (χ1v) is 2.56. The molecule has 0 aromatic rings. The molecule has 2 radical (unpaired) electrons. The normalized spacial score (nSPS) is 17.2. The molecule has 2 unspecified atom stereocenters. The highest BCUT2D eigenvalue weighted by Crippen LogP contribution is 1.95. The summed E-state index contributed by atoms with van der Waals surface area (Å²) in [5, 5.41) is 2.42. The van der Waals surface area contributed by atoms with Crippen molar-refractivity contribution in [1.82, 2.24) is 5.23 Å². The van der Waals surface area contributed by atoms with Gasteiger partial charge < -0.3 is 11.0 Å². The molecule has 0 saturated heterocycles. The van der Waals surface area contributed by atoms with Crippen molar-refractivity contribution in [1.29, 1.82) is 0 Å². The van der Waals surface area contributed by atoms with Crippen LogP contribution in [0.15, 0.2) is 12.7 Å². The summed E-state index contributed by atoms with van der Waals surface area (Å²) in [4.78, 5) is 0. The fourth-order valence-electron chi connectivity index (χ4n) is 0.298. The van der Waals surface area contributed by atoms with Gasteiger partial charge in [0.25, 0.3) is 0 Å². The van der Waals surface area contributed by atoms with Gasteiger partial charge in [0.2, 0.25) is 0 Å². The van der Waals surface area contributed by atoms with Crippen LogP contribution in [0.2, 0.25) is 0 Å². The molecule has 0 aromatic carbocycles. The molecule has 0 bridgehead atoms. The van der Waals surface area contributed by atoms with E-state index in [1.54, 1.807) is 6.08 Å². The van der Waals surface area contributed by atoms with Gasteiger partial charge in [-0.1, -0.05) is 13.0 Å². The summed E-state index contributed by atoms with van der Waals surface area (Å²) in [7, 11) is 5.03. The van der Waals surface area contributed by atoms with Gasteiger partial charge >= 0.3 is 0 Å². The third kappa shape index (κ3) is 2.14. The van der Waals surface area contributed by atoms with Gasteiger partial charge in [0, 0.05) is 5.92 Å². The lowest BCUT2D eigenvalue weighted by Gasteiger charge is -2.14. The van der Waals surface area contributed by atoms with Crippen molar-refractivity contribution in [2.45, 2.75) is 13.1 Å². The predicted molar refractivity (Wildman–Crippen MR) is 36.2 cm³/mol. The second-order valence-electron chi connectivity index (χ2n) is 1.79. The zero-order valence-corrected chi connectivity index (χ0v) is 5.09. The van der Waals surface area contributed by atoms with Crippen LogP contribution < -0.4 is 11.0 Å². The van der Waals surface area contributed by atoms with Crippen LogP contribution in [0.3, 0.4) is 0 Å². The molecule has 0 spiro atoms. The molecule has 0 heterocycles. The minimum atomic E-state index is -0.174. The first-order valence-electron chi connectivity index (χ1n) is 2.56. The van der Waals surface area contributed by atoms with Crippen LogP contribution >= 0.6 is 0 Å². The SMILES string of the molecule is [B]NC(N)C(C)C=C. The summed E-state index contributed by atoms with van der Waals surface area (Å²) in [6.07, 6.45) is 1.58. The van der Waals surface area contributed by atoms with Crippen molar-refractivity contribution in [3.8, 4) is 0 Å². The molecule has 3 heteroatoms. The second-order valence-corrected chi connectivity index (χ2v) is 1.79. The number of hydrogen-bond acceptors (Lipinski definition) is 2. The number of rotatable bonds is 3. The van der Waals surface area contributed by atoms with Crippen LogP contribution in [-0.4, -0.2) is 14.1 Å². The van der Waals surface area contributed by atoms with E-state index in [0.717, 1.165) is 0 Å². The molecule has 2 atom stereocenters. The number of nitrogens with one attached hydrogen (secondary N) is 1. The third-order valence-electron chi connectivity index (χ3n) is 1.13. The maximum Gasteiger partial charge on any atom is 0.179 e. The molecule has 0 aliphatic rings. The van der Waals surface area contributed by atoms with Gasteiger partial charge in [-0.3, -0.25) is 0 Å². The molecule has 8 heavy (non-hydrogen) atoms. The Balaban J connectivity index is 3.44. The Morgan fingerprint density at radius 1 is 1.88 bits per heavy atom. The van der Waals surface area contributed by atoms with Crippen molar-refractivity contribution >= 4 is 7.98 Å². The molecule has 0 aromatic heterocycles. The van der Waals surface area contributed by atoms with E-state index < -0.39 is 0 Å². The summed E-state index contributed by atoms with van der Waals surface area (Å²) in [5.41, 5.74) is 5.42. The zero-order chi connectivity index (χ0) is 6.57. The quantitative estimate of drug-likeness (QED) is 0.299. The topological polar surface area (TPSA) is 38.0 Å². The highest BCUT2D eigenvalue weighted by Gasteiger charge is 2.02. The summed E-state index contributed by atoms with van der Waals surface area (Å²) < 4.78 is 0. The van der Waals surface area contributed by atoms with Gasteiger partial charge in [-0.25, -0.2) is 0 Å². The van der Waals surface area contributed by atoms with Crippen molar-refractivity contribution < 1.29 is 0 Å². The van der Waals surface area contributed by atoms with Crippen LogP contribution in [-0.2, 0) is 0 Å². The maximum absolute atomic E-state index is 5.42. The van der Waals surface area contributed by atoms with Crippen LogP contribution in [0.5, 0.6) is 0 Å². The van der Waals surface area contributed by atoms with Crippen LogP contribution in [0, 0.1) is 5.92 Å². The third-order valence-corrected chi connectivity index (χ3v) is 1.13. The number of nitrogens with two attached hydrogens (primary N) is 1. The zero-order valence-electron chi connectivity index (χ0n) is 5.09. The van der Waals surface area contributed by atoms with E-state index in [9.17, 15) is 0 Å². The van der Waals surface area contributed by atoms with Gasteiger partial charge in [-0.15, -0.1) is 6.58 Å². The largest absolute Gasteiger partial charge is 0.352 e. The molecular formula is C5H11BN2. The Kier molecular flexibility index (Phi) is 3.57. The molecular weight excluding hydrogens is 98.9 g/mol. The lowest BCUT2D eigenvalue weighted by atomic mass is 10.1. The fourth-order valence-corrected chi connectivity index (χ4v) is 0.298. The standard InChI is InChI=1S/C5H11BN2/c1-3-4(2)5(7)8-6/h3-5,8H,1,7H2,2H3. The molecule has 0 aliphatic carbocycles. The summed E-state index contributed by atoms with van der Waals surface area (Å²) in [5.74, 6) is 0.222. The molecule has 0 aliphatic heterocycles. The van der Waals surface area contributed by atoms with Crippen LogP contribution in [0.25, 0.3) is 0 Å². The van der Waals surface area contributed by atoms with Crippen LogP contribution in [0.1, 0.15) is 6.92 Å². The molecule has 2 nitrogen and oxygen atoms in total. The maximum atomic E-state index is 5.42. The average Bonchev–Trinajstić information content (AvgIpc) is 1.84. The minimum absolute atomic E-state index is 0.174. The molecule has 0 rings (SSSR count). The summed E-state index contributed by atoms with van der Waals surface area (Å²) in [6.45, 7) is 5.50.